The van der Waals surface area contributed by atoms with Crippen LogP contribution in [-0.4, -0.2) is 26.2 Å². The molecule has 0 aliphatic carbocycles. The zero-order valence-electron chi connectivity index (χ0n) is 11.8. The number of para-hydroxylation sites is 1. The molecule has 2 N–H and O–H groups in total. The standard InChI is InChI=1S/C16H17N3OS/c1-20-14-4-2-3-5-15(14)21-13-8-6-12(7-9-13)19-16-17-10-11-18-16/h2-9H,10-11H2,1H3,(H2,17,18,19). The summed E-state index contributed by atoms with van der Waals surface area (Å²) in [6, 6.07) is 16.3. The Balaban J connectivity index is 1.69. The molecule has 0 bridgehead atoms. The van der Waals surface area contributed by atoms with Crippen LogP contribution in [0.15, 0.2) is 63.3 Å². The van der Waals surface area contributed by atoms with E-state index in [0.29, 0.717) is 0 Å². The fraction of sp³-hybridized carbons (Fsp3) is 0.188. The topological polar surface area (TPSA) is 45.6 Å². The van der Waals surface area contributed by atoms with Gasteiger partial charge in [-0.3, -0.25) is 4.99 Å². The highest BCUT2D eigenvalue weighted by atomic mass is 32.2. The van der Waals surface area contributed by atoms with Crippen molar-refractivity contribution >= 4 is 23.4 Å². The predicted octanol–water partition coefficient (Wildman–Crippen LogP) is 3.22. The van der Waals surface area contributed by atoms with E-state index >= 15 is 0 Å². The van der Waals surface area contributed by atoms with Crippen molar-refractivity contribution in [3.05, 3.63) is 48.5 Å². The van der Waals surface area contributed by atoms with Crippen molar-refractivity contribution in [2.75, 3.05) is 25.5 Å². The average Bonchev–Trinajstić information content (AvgIpc) is 3.03. The van der Waals surface area contributed by atoms with Crippen LogP contribution in [-0.2, 0) is 0 Å². The molecule has 3 rings (SSSR count). The molecule has 1 heterocycles. The zero-order chi connectivity index (χ0) is 14.5. The zero-order valence-corrected chi connectivity index (χ0v) is 12.6. The van der Waals surface area contributed by atoms with Gasteiger partial charge in [0.15, 0.2) is 5.96 Å². The summed E-state index contributed by atoms with van der Waals surface area (Å²) in [4.78, 5) is 6.60. The molecule has 0 saturated carbocycles. The van der Waals surface area contributed by atoms with Gasteiger partial charge in [-0.2, -0.15) is 0 Å². The van der Waals surface area contributed by atoms with Crippen LogP contribution in [0.4, 0.5) is 5.69 Å². The summed E-state index contributed by atoms with van der Waals surface area (Å²) >= 11 is 1.69. The SMILES string of the molecule is COc1ccccc1Sc1ccc(NC2=NCCN2)cc1. The van der Waals surface area contributed by atoms with Gasteiger partial charge in [-0.1, -0.05) is 23.9 Å². The summed E-state index contributed by atoms with van der Waals surface area (Å²) in [6.07, 6.45) is 0. The maximum absolute atomic E-state index is 5.37. The number of nitrogens with zero attached hydrogens (tertiary/aromatic N) is 1. The van der Waals surface area contributed by atoms with Gasteiger partial charge in [-0.05, 0) is 36.4 Å². The second-order valence-electron chi connectivity index (χ2n) is 4.56. The number of benzene rings is 2. The smallest absolute Gasteiger partial charge is 0.195 e. The quantitative estimate of drug-likeness (QED) is 0.910. The number of methoxy groups -OCH3 is 1. The molecule has 2 aromatic carbocycles. The van der Waals surface area contributed by atoms with Crippen LogP contribution in [0.3, 0.4) is 0 Å². The van der Waals surface area contributed by atoms with Crippen molar-refractivity contribution in [3.8, 4) is 5.75 Å². The summed E-state index contributed by atoms with van der Waals surface area (Å²) in [5.41, 5.74) is 1.03. The highest BCUT2D eigenvalue weighted by molar-refractivity contribution is 7.99. The lowest BCUT2D eigenvalue weighted by molar-refractivity contribution is 0.405. The largest absolute Gasteiger partial charge is 0.496 e. The Kier molecular flexibility index (Phi) is 4.31. The molecular weight excluding hydrogens is 282 g/mol. The molecule has 2 aromatic rings. The van der Waals surface area contributed by atoms with Gasteiger partial charge in [0.05, 0.1) is 18.6 Å². The summed E-state index contributed by atoms with van der Waals surface area (Å²) < 4.78 is 5.37. The fourth-order valence-corrected chi connectivity index (χ4v) is 2.98. The number of guanidine groups is 1. The molecule has 21 heavy (non-hydrogen) atoms. The van der Waals surface area contributed by atoms with Crippen LogP contribution in [0, 0.1) is 0 Å². The number of hydrogen-bond donors (Lipinski definition) is 2. The summed E-state index contributed by atoms with van der Waals surface area (Å²) in [7, 11) is 1.70. The normalized spacial score (nSPS) is 13.5. The van der Waals surface area contributed by atoms with E-state index in [2.05, 4.69) is 46.0 Å². The number of aliphatic imine (C=N–C) groups is 1. The van der Waals surface area contributed by atoms with Crippen molar-refractivity contribution in [2.24, 2.45) is 4.99 Å². The molecule has 1 aliphatic heterocycles. The van der Waals surface area contributed by atoms with Crippen molar-refractivity contribution in [2.45, 2.75) is 9.79 Å². The average molecular weight is 299 g/mol. The molecule has 0 unspecified atom stereocenters. The van der Waals surface area contributed by atoms with Crippen LogP contribution in [0.1, 0.15) is 0 Å². The first kappa shape index (κ1) is 13.8. The number of rotatable bonds is 4. The van der Waals surface area contributed by atoms with Gasteiger partial charge in [0.1, 0.15) is 5.75 Å². The first-order chi connectivity index (χ1) is 10.3. The molecule has 0 aromatic heterocycles. The van der Waals surface area contributed by atoms with Gasteiger partial charge in [-0.25, -0.2) is 0 Å². The first-order valence-corrected chi connectivity index (χ1v) is 7.63. The van der Waals surface area contributed by atoms with E-state index in [9.17, 15) is 0 Å². The maximum Gasteiger partial charge on any atom is 0.195 e. The Morgan fingerprint density at radius 1 is 1.14 bits per heavy atom. The van der Waals surface area contributed by atoms with Gasteiger partial charge < -0.3 is 15.4 Å². The molecule has 0 atom stereocenters. The molecule has 0 spiro atoms. The van der Waals surface area contributed by atoms with E-state index in [-0.39, 0.29) is 0 Å². The minimum atomic E-state index is 0.837. The van der Waals surface area contributed by atoms with Crippen molar-refractivity contribution in [1.82, 2.24) is 5.32 Å². The van der Waals surface area contributed by atoms with Crippen molar-refractivity contribution < 1.29 is 4.74 Å². The molecule has 0 saturated heterocycles. The lowest BCUT2D eigenvalue weighted by Crippen LogP contribution is -2.26. The number of ether oxygens (including phenoxy) is 1. The lowest BCUT2D eigenvalue weighted by Gasteiger charge is -2.09. The number of nitrogens with one attached hydrogen (secondary N) is 2. The monoisotopic (exact) mass is 299 g/mol. The van der Waals surface area contributed by atoms with E-state index in [1.54, 1.807) is 18.9 Å². The second-order valence-corrected chi connectivity index (χ2v) is 5.67. The molecule has 0 amide bonds. The van der Waals surface area contributed by atoms with E-state index in [4.69, 9.17) is 4.74 Å². The Labute approximate surface area is 128 Å². The molecule has 4 nitrogen and oxygen atoms in total. The maximum atomic E-state index is 5.37. The minimum absolute atomic E-state index is 0.837. The second kappa shape index (κ2) is 6.54. The van der Waals surface area contributed by atoms with Gasteiger partial charge in [0.25, 0.3) is 0 Å². The third-order valence-corrected chi connectivity index (χ3v) is 4.15. The van der Waals surface area contributed by atoms with Crippen LogP contribution in [0.5, 0.6) is 5.75 Å². The van der Waals surface area contributed by atoms with Gasteiger partial charge >= 0.3 is 0 Å². The predicted molar refractivity (Wildman–Crippen MR) is 87.5 cm³/mol. The first-order valence-electron chi connectivity index (χ1n) is 6.81. The van der Waals surface area contributed by atoms with Crippen LogP contribution < -0.4 is 15.4 Å². The molecular formula is C16H17N3OS. The van der Waals surface area contributed by atoms with E-state index in [0.717, 1.165) is 35.4 Å². The lowest BCUT2D eigenvalue weighted by atomic mass is 10.3. The van der Waals surface area contributed by atoms with Gasteiger partial charge in [0, 0.05) is 17.1 Å². The molecule has 0 fully saturated rings. The molecule has 0 radical (unpaired) electrons. The minimum Gasteiger partial charge on any atom is -0.496 e. The summed E-state index contributed by atoms with van der Waals surface area (Å²) in [5, 5.41) is 6.45. The molecule has 5 heteroatoms. The van der Waals surface area contributed by atoms with E-state index < -0.39 is 0 Å². The third-order valence-electron chi connectivity index (χ3n) is 3.09. The van der Waals surface area contributed by atoms with E-state index in [1.807, 2.05) is 18.2 Å². The van der Waals surface area contributed by atoms with Crippen LogP contribution >= 0.6 is 11.8 Å². The summed E-state index contributed by atoms with van der Waals surface area (Å²) in [5.74, 6) is 1.74. The fourth-order valence-electron chi connectivity index (χ4n) is 2.05. The molecule has 108 valence electrons. The summed E-state index contributed by atoms with van der Waals surface area (Å²) in [6.45, 7) is 1.74. The van der Waals surface area contributed by atoms with Crippen LogP contribution in [0.25, 0.3) is 0 Å². The van der Waals surface area contributed by atoms with Crippen LogP contribution in [0.2, 0.25) is 0 Å². The molecule has 1 aliphatic rings. The van der Waals surface area contributed by atoms with E-state index in [1.165, 1.54) is 4.90 Å². The number of hydrogen-bond acceptors (Lipinski definition) is 5. The Morgan fingerprint density at radius 3 is 2.67 bits per heavy atom. The third kappa shape index (κ3) is 3.49. The Hall–Kier alpha value is -2.14. The highest BCUT2D eigenvalue weighted by Gasteiger charge is 2.06. The van der Waals surface area contributed by atoms with Gasteiger partial charge in [0.2, 0.25) is 0 Å². The van der Waals surface area contributed by atoms with Crippen molar-refractivity contribution in [1.29, 1.82) is 0 Å². The van der Waals surface area contributed by atoms with Gasteiger partial charge in [-0.15, -0.1) is 0 Å². The highest BCUT2D eigenvalue weighted by Crippen LogP contribution is 2.34. The Bertz CT molecular complexity index is 640. The van der Waals surface area contributed by atoms with Crippen molar-refractivity contribution in [3.63, 3.8) is 0 Å². The number of anilines is 1. The Morgan fingerprint density at radius 2 is 1.95 bits per heavy atom.